The topological polar surface area (TPSA) is 86.8 Å². The molecular formula is C33H38ClF2N3O4S. The molecule has 11 heteroatoms. The van der Waals surface area contributed by atoms with Gasteiger partial charge in [-0.25, -0.2) is 17.2 Å². The molecule has 0 spiro atoms. The van der Waals surface area contributed by atoms with Crippen molar-refractivity contribution in [1.82, 2.24) is 10.2 Å². The Bertz CT molecular complexity index is 1520. The van der Waals surface area contributed by atoms with Crippen molar-refractivity contribution in [2.45, 2.75) is 70.0 Å². The van der Waals surface area contributed by atoms with Crippen LogP contribution in [0.2, 0.25) is 5.02 Å². The lowest BCUT2D eigenvalue weighted by Gasteiger charge is -2.34. The van der Waals surface area contributed by atoms with Crippen LogP contribution in [-0.2, 0) is 32.6 Å². The van der Waals surface area contributed by atoms with E-state index < -0.39 is 27.7 Å². The van der Waals surface area contributed by atoms with Gasteiger partial charge in [0.05, 0.1) is 11.9 Å². The monoisotopic (exact) mass is 645 g/mol. The van der Waals surface area contributed by atoms with Crippen molar-refractivity contribution >= 4 is 39.1 Å². The Kier molecular flexibility index (Phi) is 11.7. The predicted octanol–water partition coefficient (Wildman–Crippen LogP) is 6.25. The van der Waals surface area contributed by atoms with E-state index in [1.54, 1.807) is 29.2 Å². The molecule has 0 aromatic heterocycles. The number of anilines is 1. The number of halogens is 3. The summed E-state index contributed by atoms with van der Waals surface area (Å²) in [6.45, 7) is 0.00655. The van der Waals surface area contributed by atoms with Crippen LogP contribution in [-0.4, -0.2) is 50.0 Å². The SMILES string of the molecule is CS(=O)(=O)N(CCCC(=O)N(Cc1ccc(Cl)cc1)[C@@H](Cc1ccccc1)C(=O)NC1CCCCC1)c1ccc(F)c(F)c1. The molecular weight excluding hydrogens is 608 g/mol. The molecule has 1 N–H and O–H groups in total. The molecule has 0 unspecified atom stereocenters. The number of hydrogen-bond donors (Lipinski definition) is 1. The second kappa shape index (κ2) is 15.5. The van der Waals surface area contributed by atoms with Crippen molar-refractivity contribution < 1.29 is 26.8 Å². The van der Waals surface area contributed by atoms with Crippen LogP contribution in [0.25, 0.3) is 0 Å². The van der Waals surface area contributed by atoms with E-state index >= 15 is 0 Å². The number of carbonyl (C=O) groups is 2. The van der Waals surface area contributed by atoms with Crippen molar-refractivity contribution in [1.29, 1.82) is 0 Å². The van der Waals surface area contributed by atoms with E-state index in [1.807, 2.05) is 30.3 Å². The van der Waals surface area contributed by atoms with Crippen molar-refractivity contribution in [2.24, 2.45) is 0 Å². The maximum atomic E-state index is 14.0. The maximum Gasteiger partial charge on any atom is 0.243 e. The zero-order valence-corrected chi connectivity index (χ0v) is 26.3. The van der Waals surface area contributed by atoms with Crippen molar-refractivity contribution in [3.63, 3.8) is 0 Å². The predicted molar refractivity (Wildman–Crippen MR) is 169 cm³/mol. The van der Waals surface area contributed by atoms with Gasteiger partial charge < -0.3 is 10.2 Å². The molecule has 2 amide bonds. The summed E-state index contributed by atoms with van der Waals surface area (Å²) in [6, 6.07) is 18.6. The van der Waals surface area contributed by atoms with Crippen LogP contribution in [0.1, 0.15) is 56.1 Å². The highest BCUT2D eigenvalue weighted by Crippen LogP contribution is 2.23. The third-order valence-corrected chi connectivity index (χ3v) is 9.28. The van der Waals surface area contributed by atoms with Crippen LogP contribution >= 0.6 is 11.6 Å². The van der Waals surface area contributed by atoms with E-state index in [-0.39, 0.29) is 49.5 Å². The second-order valence-electron chi connectivity index (χ2n) is 11.2. The maximum absolute atomic E-state index is 14.0. The molecule has 4 rings (SSSR count). The van der Waals surface area contributed by atoms with Crippen LogP contribution in [0, 0.1) is 11.6 Å². The smallest absolute Gasteiger partial charge is 0.243 e. The molecule has 1 aliphatic carbocycles. The summed E-state index contributed by atoms with van der Waals surface area (Å²) in [6.07, 6.45) is 6.26. The summed E-state index contributed by atoms with van der Waals surface area (Å²) in [5.74, 6) is -2.83. The van der Waals surface area contributed by atoms with Gasteiger partial charge in [0.25, 0.3) is 0 Å². The summed E-state index contributed by atoms with van der Waals surface area (Å²) in [5.41, 5.74) is 1.64. The molecule has 1 atom stereocenters. The lowest BCUT2D eigenvalue weighted by atomic mass is 9.94. The molecule has 0 aliphatic heterocycles. The molecule has 3 aromatic rings. The molecule has 7 nitrogen and oxygen atoms in total. The summed E-state index contributed by atoms with van der Waals surface area (Å²) in [7, 11) is -3.86. The third kappa shape index (κ3) is 9.50. The quantitative estimate of drug-likeness (QED) is 0.238. The van der Waals surface area contributed by atoms with Crippen LogP contribution in [0.3, 0.4) is 0 Å². The van der Waals surface area contributed by atoms with E-state index in [1.165, 1.54) is 6.07 Å². The van der Waals surface area contributed by atoms with Gasteiger partial charge in [-0.3, -0.25) is 13.9 Å². The fourth-order valence-electron chi connectivity index (χ4n) is 5.53. The fraction of sp³-hybridized carbons (Fsp3) is 0.394. The molecule has 0 saturated heterocycles. The van der Waals surface area contributed by atoms with E-state index in [4.69, 9.17) is 11.6 Å². The van der Waals surface area contributed by atoms with Gasteiger partial charge in [-0.15, -0.1) is 0 Å². The van der Waals surface area contributed by atoms with Crippen molar-refractivity contribution in [3.8, 4) is 0 Å². The Hall–Kier alpha value is -3.50. The second-order valence-corrected chi connectivity index (χ2v) is 13.6. The van der Waals surface area contributed by atoms with Crippen LogP contribution < -0.4 is 9.62 Å². The Balaban J connectivity index is 1.59. The molecule has 236 valence electrons. The summed E-state index contributed by atoms with van der Waals surface area (Å²) in [4.78, 5) is 29.4. The molecule has 0 bridgehead atoms. The summed E-state index contributed by atoms with van der Waals surface area (Å²) >= 11 is 6.10. The van der Waals surface area contributed by atoms with E-state index in [9.17, 15) is 26.8 Å². The Labute approximate surface area is 263 Å². The minimum atomic E-state index is -3.86. The Morgan fingerprint density at radius 1 is 0.932 bits per heavy atom. The van der Waals surface area contributed by atoms with Gasteiger partial charge in [0, 0.05) is 43.1 Å². The zero-order chi connectivity index (χ0) is 31.7. The molecule has 0 radical (unpaired) electrons. The van der Waals surface area contributed by atoms with Gasteiger partial charge in [-0.05, 0) is 54.7 Å². The summed E-state index contributed by atoms with van der Waals surface area (Å²) < 4.78 is 53.5. The van der Waals surface area contributed by atoms with E-state index in [0.717, 1.165) is 65.9 Å². The molecule has 44 heavy (non-hydrogen) atoms. The Morgan fingerprint density at radius 2 is 1.61 bits per heavy atom. The van der Waals surface area contributed by atoms with Crippen molar-refractivity contribution in [3.05, 3.63) is 101 Å². The Morgan fingerprint density at radius 3 is 2.25 bits per heavy atom. The average molecular weight is 646 g/mol. The molecule has 1 fully saturated rings. The highest BCUT2D eigenvalue weighted by molar-refractivity contribution is 7.92. The van der Waals surface area contributed by atoms with Crippen LogP contribution in [0.5, 0.6) is 0 Å². The van der Waals surface area contributed by atoms with Gasteiger partial charge >= 0.3 is 0 Å². The van der Waals surface area contributed by atoms with Crippen LogP contribution in [0.15, 0.2) is 72.8 Å². The van der Waals surface area contributed by atoms with E-state index in [2.05, 4.69) is 5.32 Å². The first-order valence-corrected chi connectivity index (χ1v) is 17.0. The fourth-order valence-corrected chi connectivity index (χ4v) is 6.61. The third-order valence-electron chi connectivity index (χ3n) is 7.83. The van der Waals surface area contributed by atoms with E-state index in [0.29, 0.717) is 11.4 Å². The number of nitrogens with one attached hydrogen (secondary N) is 1. The lowest BCUT2D eigenvalue weighted by molar-refractivity contribution is -0.141. The number of sulfonamides is 1. The normalized spacial score (nSPS) is 14.5. The molecule has 3 aromatic carbocycles. The minimum Gasteiger partial charge on any atom is -0.352 e. The molecule has 1 aliphatic rings. The number of benzene rings is 3. The first kappa shape index (κ1) is 33.4. The highest BCUT2D eigenvalue weighted by Gasteiger charge is 2.32. The number of amides is 2. The standard InChI is InChI=1S/C33H38ClF2N3O4S/c1-44(42,43)39(28-18-19-29(35)30(36)22-28)20-8-13-32(40)38(23-25-14-16-26(34)17-15-25)31(21-24-9-4-2-5-10-24)33(41)37-27-11-6-3-7-12-27/h2,4-5,9-10,14-19,22,27,31H,3,6-8,11-13,20-21,23H2,1H3,(H,37,41)/t31-/m0/s1. The highest BCUT2D eigenvalue weighted by atomic mass is 35.5. The first-order chi connectivity index (χ1) is 21.0. The summed E-state index contributed by atoms with van der Waals surface area (Å²) in [5, 5.41) is 3.73. The average Bonchev–Trinajstić information content (AvgIpc) is 3.00. The van der Waals surface area contributed by atoms with Gasteiger partial charge in [0.1, 0.15) is 6.04 Å². The van der Waals surface area contributed by atoms with Gasteiger partial charge in [-0.1, -0.05) is 73.3 Å². The zero-order valence-electron chi connectivity index (χ0n) is 24.7. The largest absolute Gasteiger partial charge is 0.352 e. The van der Waals surface area contributed by atoms with Crippen molar-refractivity contribution in [2.75, 3.05) is 17.1 Å². The van der Waals surface area contributed by atoms with Gasteiger partial charge in [0.2, 0.25) is 21.8 Å². The number of hydrogen-bond acceptors (Lipinski definition) is 4. The van der Waals surface area contributed by atoms with Crippen LogP contribution in [0.4, 0.5) is 14.5 Å². The lowest BCUT2D eigenvalue weighted by Crippen LogP contribution is -2.52. The van der Waals surface area contributed by atoms with Gasteiger partial charge in [-0.2, -0.15) is 0 Å². The minimum absolute atomic E-state index is 0.0364. The van der Waals surface area contributed by atoms with Gasteiger partial charge in [0.15, 0.2) is 11.6 Å². The number of nitrogens with zero attached hydrogens (tertiary/aromatic N) is 2. The first-order valence-electron chi connectivity index (χ1n) is 14.8. The number of carbonyl (C=O) groups excluding carboxylic acids is 2. The molecule has 0 heterocycles. The number of rotatable bonds is 13. The molecule has 1 saturated carbocycles.